The molecule has 3 rings (SSSR count). The van der Waals surface area contributed by atoms with Crippen molar-refractivity contribution in [2.45, 2.75) is 24.8 Å². The smallest absolute Gasteiger partial charge is 0.290 e. The molecule has 2 amide bonds. The summed E-state index contributed by atoms with van der Waals surface area (Å²) in [6, 6.07) is 14.9. The van der Waals surface area contributed by atoms with Crippen molar-refractivity contribution in [2.24, 2.45) is 0 Å². The molecule has 0 fully saturated rings. The predicted octanol–water partition coefficient (Wildman–Crippen LogP) is 4.50. The maximum atomic E-state index is 12.4. The number of aliphatic hydroxyl groups is 1. The van der Waals surface area contributed by atoms with Crippen LogP contribution in [0.25, 0.3) is 0 Å². The fourth-order valence-electron chi connectivity index (χ4n) is 3.20. The summed E-state index contributed by atoms with van der Waals surface area (Å²) >= 11 is 18.3. The van der Waals surface area contributed by atoms with E-state index in [4.69, 9.17) is 34.8 Å². The molecule has 1 aliphatic heterocycles. The molecular formula is C22H21Cl3N2O3. The predicted molar refractivity (Wildman–Crippen MR) is 119 cm³/mol. The molecule has 0 saturated heterocycles. The number of benzene rings is 2. The molecule has 2 aromatic carbocycles. The Balaban J connectivity index is 1.50. The monoisotopic (exact) mass is 466 g/mol. The third kappa shape index (κ3) is 5.48. The summed E-state index contributed by atoms with van der Waals surface area (Å²) in [7, 11) is 0. The van der Waals surface area contributed by atoms with Gasteiger partial charge < -0.3 is 15.3 Å². The van der Waals surface area contributed by atoms with Crippen LogP contribution in [0.5, 0.6) is 0 Å². The lowest BCUT2D eigenvalue weighted by Gasteiger charge is -2.22. The van der Waals surface area contributed by atoms with Gasteiger partial charge in [-0.1, -0.05) is 71.2 Å². The van der Waals surface area contributed by atoms with Crippen molar-refractivity contribution in [3.05, 3.63) is 81.0 Å². The van der Waals surface area contributed by atoms with E-state index in [1.165, 1.54) is 4.90 Å². The maximum absolute atomic E-state index is 12.4. The van der Waals surface area contributed by atoms with Gasteiger partial charge in [0.25, 0.3) is 11.8 Å². The number of aryl methyl sites for hydroxylation is 1. The lowest BCUT2D eigenvalue weighted by Crippen LogP contribution is -2.36. The fraction of sp³-hybridized carbons (Fsp3) is 0.273. The Labute approximate surface area is 190 Å². The molecular weight excluding hydrogens is 447 g/mol. The van der Waals surface area contributed by atoms with Crippen LogP contribution in [-0.4, -0.2) is 40.4 Å². The van der Waals surface area contributed by atoms with Crippen LogP contribution in [0.15, 0.2) is 59.9 Å². The summed E-state index contributed by atoms with van der Waals surface area (Å²) in [6.07, 6.45) is 1.79. The van der Waals surface area contributed by atoms with E-state index in [0.29, 0.717) is 35.9 Å². The van der Waals surface area contributed by atoms with Crippen molar-refractivity contribution in [1.82, 2.24) is 10.2 Å². The second kappa shape index (κ2) is 10.2. The van der Waals surface area contributed by atoms with Crippen LogP contribution < -0.4 is 5.32 Å². The summed E-state index contributed by atoms with van der Waals surface area (Å²) < 4.78 is 0. The van der Waals surface area contributed by atoms with Crippen molar-refractivity contribution in [1.29, 1.82) is 0 Å². The first kappa shape index (κ1) is 22.5. The Kier molecular flexibility index (Phi) is 7.64. The summed E-state index contributed by atoms with van der Waals surface area (Å²) in [5, 5.41) is 13.9. The largest absolute Gasteiger partial charge is 0.503 e. The Hall–Kier alpha value is -2.21. The third-order valence-corrected chi connectivity index (χ3v) is 5.98. The van der Waals surface area contributed by atoms with E-state index < -0.39 is 23.1 Å². The van der Waals surface area contributed by atoms with Crippen LogP contribution in [0.2, 0.25) is 10.0 Å². The van der Waals surface area contributed by atoms with Crippen LogP contribution >= 0.6 is 34.8 Å². The second-order valence-electron chi connectivity index (χ2n) is 6.99. The molecule has 2 aromatic rings. The van der Waals surface area contributed by atoms with Gasteiger partial charge in [0.1, 0.15) is 5.50 Å². The highest BCUT2D eigenvalue weighted by Crippen LogP contribution is 2.24. The summed E-state index contributed by atoms with van der Waals surface area (Å²) in [6.45, 7) is 0.364. The molecule has 0 aromatic heterocycles. The van der Waals surface area contributed by atoms with Gasteiger partial charge in [-0.3, -0.25) is 9.59 Å². The Morgan fingerprint density at radius 3 is 2.53 bits per heavy atom. The molecule has 0 saturated carbocycles. The number of nitrogens with zero attached hydrogens (tertiary/aromatic N) is 1. The highest BCUT2D eigenvalue weighted by atomic mass is 35.5. The summed E-state index contributed by atoms with van der Waals surface area (Å²) in [4.78, 5) is 26.1. The Bertz CT molecular complexity index is 963. The number of carbonyl (C=O) groups is 2. The van der Waals surface area contributed by atoms with Crippen LogP contribution in [0, 0.1) is 0 Å². The molecule has 5 nitrogen and oxygen atoms in total. The number of hydrogen-bond donors (Lipinski definition) is 2. The van der Waals surface area contributed by atoms with Gasteiger partial charge in [-0.15, -0.1) is 0 Å². The molecule has 1 heterocycles. The minimum absolute atomic E-state index is 0.0235. The first-order valence-corrected chi connectivity index (χ1v) is 10.7. The van der Waals surface area contributed by atoms with Crippen LogP contribution in [0.1, 0.15) is 17.5 Å². The van der Waals surface area contributed by atoms with Crippen LogP contribution in [0.4, 0.5) is 0 Å². The topological polar surface area (TPSA) is 69.6 Å². The fourth-order valence-corrected chi connectivity index (χ4v) is 3.86. The van der Waals surface area contributed by atoms with Gasteiger partial charge in [-0.05, 0) is 36.1 Å². The minimum Gasteiger partial charge on any atom is -0.503 e. The van der Waals surface area contributed by atoms with Gasteiger partial charge >= 0.3 is 0 Å². The molecule has 2 N–H and O–H groups in total. The molecule has 1 atom stereocenters. The van der Waals surface area contributed by atoms with Crippen LogP contribution in [-0.2, 0) is 22.4 Å². The van der Waals surface area contributed by atoms with Crippen molar-refractivity contribution in [3.8, 4) is 0 Å². The second-order valence-corrected chi connectivity index (χ2v) is 8.31. The van der Waals surface area contributed by atoms with Crippen molar-refractivity contribution in [2.75, 3.05) is 13.1 Å². The molecule has 30 heavy (non-hydrogen) atoms. The quantitative estimate of drug-likeness (QED) is 0.341. The van der Waals surface area contributed by atoms with E-state index >= 15 is 0 Å². The average Bonchev–Trinajstić information content (AvgIpc) is 3.03. The summed E-state index contributed by atoms with van der Waals surface area (Å²) in [5.74, 6) is -1.65. The maximum Gasteiger partial charge on any atom is 0.290 e. The molecule has 1 unspecified atom stereocenters. The van der Waals surface area contributed by atoms with Gasteiger partial charge in [-0.2, -0.15) is 0 Å². The molecule has 158 valence electrons. The molecule has 8 heteroatoms. The Morgan fingerprint density at radius 2 is 1.83 bits per heavy atom. The number of halogens is 3. The highest BCUT2D eigenvalue weighted by molar-refractivity contribution is 6.42. The first-order valence-electron chi connectivity index (χ1n) is 9.50. The number of aliphatic hydroxyl groups excluding tert-OH is 1. The van der Waals surface area contributed by atoms with Gasteiger partial charge in [-0.25, -0.2) is 0 Å². The number of carbonyl (C=O) groups excluding carboxylic acids is 2. The molecule has 0 radical (unpaired) electrons. The molecule has 0 spiro atoms. The van der Waals surface area contributed by atoms with E-state index in [2.05, 4.69) is 5.32 Å². The van der Waals surface area contributed by atoms with E-state index in [1.807, 2.05) is 36.4 Å². The number of alkyl halides is 1. The lowest BCUT2D eigenvalue weighted by atomic mass is 10.1. The van der Waals surface area contributed by atoms with Gasteiger partial charge in [0.15, 0.2) is 5.76 Å². The zero-order chi connectivity index (χ0) is 21.7. The van der Waals surface area contributed by atoms with E-state index in [-0.39, 0.29) is 12.1 Å². The number of amides is 2. The van der Waals surface area contributed by atoms with E-state index in [9.17, 15) is 14.7 Å². The summed E-state index contributed by atoms with van der Waals surface area (Å²) in [5.41, 5.74) is 1.34. The number of rotatable bonds is 8. The zero-order valence-corrected chi connectivity index (χ0v) is 18.3. The number of hydrogen-bond acceptors (Lipinski definition) is 3. The van der Waals surface area contributed by atoms with Crippen molar-refractivity contribution in [3.63, 3.8) is 0 Å². The van der Waals surface area contributed by atoms with Gasteiger partial charge in [0.05, 0.1) is 22.2 Å². The standard InChI is InChI=1S/C22H21Cl3N2O3/c23-17-9-8-15(11-18(17)24)7-4-10-26-21(29)16-13-27(22(30)20(16)28)19(25)12-14-5-2-1-3-6-14/h1-3,5-6,8-9,11,19,28H,4,7,10,12-13H2,(H,26,29). The average molecular weight is 468 g/mol. The molecule has 1 aliphatic rings. The molecule has 0 bridgehead atoms. The van der Waals surface area contributed by atoms with Gasteiger partial charge in [0.2, 0.25) is 0 Å². The lowest BCUT2D eigenvalue weighted by molar-refractivity contribution is -0.128. The minimum atomic E-state index is -0.665. The number of nitrogens with one attached hydrogen (secondary N) is 1. The van der Waals surface area contributed by atoms with E-state index in [1.54, 1.807) is 12.1 Å². The normalized spacial score (nSPS) is 14.9. The highest BCUT2D eigenvalue weighted by Gasteiger charge is 2.37. The SMILES string of the molecule is O=C(NCCCc1ccc(Cl)c(Cl)c1)C1=C(O)C(=O)N(C(Cl)Cc2ccccc2)C1. The van der Waals surface area contributed by atoms with Crippen molar-refractivity contribution < 1.29 is 14.7 Å². The Morgan fingerprint density at radius 1 is 1.10 bits per heavy atom. The van der Waals surface area contributed by atoms with E-state index in [0.717, 1.165) is 11.1 Å². The van der Waals surface area contributed by atoms with Crippen molar-refractivity contribution >= 4 is 46.6 Å². The third-order valence-electron chi connectivity index (χ3n) is 4.85. The van der Waals surface area contributed by atoms with Crippen LogP contribution in [0.3, 0.4) is 0 Å². The first-order chi connectivity index (χ1) is 14.4. The van der Waals surface area contributed by atoms with Gasteiger partial charge in [0, 0.05) is 13.0 Å². The molecule has 0 aliphatic carbocycles. The zero-order valence-electron chi connectivity index (χ0n) is 16.1.